The molecule has 0 amide bonds. The van der Waals surface area contributed by atoms with Gasteiger partial charge in [0, 0.05) is 18.6 Å². The first-order chi connectivity index (χ1) is 16.1. The van der Waals surface area contributed by atoms with Crippen molar-refractivity contribution in [2.75, 3.05) is 26.4 Å². The SMILES string of the molecule is CCCCCCCCCCCCOCC(C)(COCCCCCCCCCCCC)C(I)I. The van der Waals surface area contributed by atoms with E-state index in [4.69, 9.17) is 9.47 Å². The monoisotopic (exact) mass is 692 g/mol. The minimum absolute atomic E-state index is 0.109. The van der Waals surface area contributed by atoms with Crippen LogP contribution in [-0.2, 0) is 9.47 Å². The Hall–Kier alpha value is 1.38. The minimum Gasteiger partial charge on any atom is -0.381 e. The zero-order valence-corrected chi connectivity index (χ0v) is 26.9. The Balaban J connectivity index is 3.58. The standard InChI is InChI=1S/C29H58I2O2/c1-4-6-8-10-12-14-16-18-20-22-24-32-26-29(3,28(30)31)27-33-25-23-21-19-17-15-13-11-9-7-5-2/h28H,4-27H2,1-3H3. The van der Waals surface area contributed by atoms with Crippen LogP contribution in [0.15, 0.2) is 0 Å². The van der Waals surface area contributed by atoms with E-state index in [1.807, 2.05) is 0 Å². The molecule has 0 aromatic rings. The highest BCUT2D eigenvalue weighted by atomic mass is 127. The van der Waals surface area contributed by atoms with Gasteiger partial charge in [0.15, 0.2) is 0 Å². The van der Waals surface area contributed by atoms with Crippen LogP contribution < -0.4 is 0 Å². The van der Waals surface area contributed by atoms with Gasteiger partial charge in [-0.25, -0.2) is 0 Å². The third-order valence-corrected chi connectivity index (χ3v) is 9.68. The quantitative estimate of drug-likeness (QED) is 0.0485. The zero-order chi connectivity index (χ0) is 24.5. The highest BCUT2D eigenvalue weighted by Crippen LogP contribution is 2.34. The van der Waals surface area contributed by atoms with E-state index in [9.17, 15) is 0 Å². The van der Waals surface area contributed by atoms with Gasteiger partial charge in [0.2, 0.25) is 0 Å². The molecule has 0 fully saturated rings. The summed E-state index contributed by atoms with van der Waals surface area (Å²) in [7, 11) is 0. The lowest BCUT2D eigenvalue weighted by Gasteiger charge is -2.31. The number of alkyl halides is 2. The molecule has 0 saturated heterocycles. The number of unbranched alkanes of at least 4 members (excludes halogenated alkanes) is 18. The van der Waals surface area contributed by atoms with Crippen molar-refractivity contribution in [2.24, 2.45) is 5.41 Å². The van der Waals surface area contributed by atoms with Crippen LogP contribution in [0, 0.1) is 5.41 Å². The summed E-state index contributed by atoms with van der Waals surface area (Å²) in [4.78, 5) is 0. The second-order valence-electron chi connectivity index (χ2n) is 10.4. The maximum Gasteiger partial charge on any atom is 0.0724 e. The molecule has 0 rings (SSSR count). The Morgan fingerprint density at radius 1 is 0.485 bits per heavy atom. The first kappa shape index (κ1) is 34.4. The van der Waals surface area contributed by atoms with E-state index in [0.717, 1.165) is 26.4 Å². The van der Waals surface area contributed by atoms with E-state index in [1.54, 1.807) is 0 Å². The van der Waals surface area contributed by atoms with Gasteiger partial charge in [-0.05, 0) is 12.8 Å². The second-order valence-corrected chi connectivity index (χ2v) is 15.3. The van der Waals surface area contributed by atoms with Crippen molar-refractivity contribution in [3.05, 3.63) is 0 Å². The van der Waals surface area contributed by atoms with Crippen molar-refractivity contribution in [1.82, 2.24) is 0 Å². The van der Waals surface area contributed by atoms with Crippen LogP contribution >= 0.6 is 45.2 Å². The third kappa shape index (κ3) is 23.5. The van der Waals surface area contributed by atoms with Gasteiger partial charge in [-0.15, -0.1) is 0 Å². The topological polar surface area (TPSA) is 18.5 Å². The van der Waals surface area contributed by atoms with Crippen molar-refractivity contribution in [3.63, 3.8) is 0 Å². The summed E-state index contributed by atoms with van der Waals surface area (Å²) in [5.74, 6) is 0. The number of ether oxygens (including phenoxy) is 2. The predicted octanol–water partition coefficient (Wildman–Crippen LogP) is 11.1. The summed E-state index contributed by atoms with van der Waals surface area (Å²) >= 11 is 5.08. The molecule has 2 nitrogen and oxygen atoms in total. The van der Waals surface area contributed by atoms with Crippen LogP contribution in [0.1, 0.15) is 149 Å². The fourth-order valence-electron chi connectivity index (χ4n) is 4.16. The van der Waals surface area contributed by atoms with Crippen LogP contribution in [0.3, 0.4) is 0 Å². The molecule has 0 aromatic carbocycles. The number of hydrogen-bond acceptors (Lipinski definition) is 2. The first-order valence-electron chi connectivity index (χ1n) is 14.5. The molecule has 0 saturated carbocycles. The average molecular weight is 693 g/mol. The highest BCUT2D eigenvalue weighted by molar-refractivity contribution is 14.2. The molecule has 0 heterocycles. The Morgan fingerprint density at radius 3 is 1.03 bits per heavy atom. The second kappa shape index (κ2) is 26.4. The minimum atomic E-state index is 0.109. The summed E-state index contributed by atoms with van der Waals surface area (Å²) in [5, 5.41) is 0. The van der Waals surface area contributed by atoms with Gasteiger partial charge in [0.05, 0.1) is 15.1 Å². The summed E-state index contributed by atoms with van der Waals surface area (Å²) in [6, 6.07) is 0. The Kier molecular flexibility index (Phi) is 27.5. The molecule has 33 heavy (non-hydrogen) atoms. The molecule has 0 aromatic heterocycles. The maximum atomic E-state index is 6.10. The smallest absolute Gasteiger partial charge is 0.0724 e. The van der Waals surface area contributed by atoms with Gasteiger partial charge in [-0.3, -0.25) is 0 Å². The molecule has 0 unspecified atom stereocenters. The molecule has 0 aliphatic heterocycles. The lowest BCUT2D eigenvalue weighted by atomic mass is 9.96. The molecular weight excluding hydrogens is 634 g/mol. The zero-order valence-electron chi connectivity index (χ0n) is 22.6. The van der Waals surface area contributed by atoms with E-state index in [-0.39, 0.29) is 5.41 Å². The molecule has 0 aliphatic rings. The van der Waals surface area contributed by atoms with Crippen LogP contribution in [-0.4, -0.2) is 28.4 Å². The van der Waals surface area contributed by atoms with Crippen LogP contribution in [0.2, 0.25) is 0 Å². The summed E-state index contributed by atoms with van der Waals surface area (Å²) in [5.41, 5.74) is 0.109. The largest absolute Gasteiger partial charge is 0.381 e. The number of halogens is 2. The Bertz CT molecular complexity index is 349. The molecule has 4 heteroatoms. The lowest BCUT2D eigenvalue weighted by Crippen LogP contribution is -2.35. The molecule has 0 N–H and O–H groups in total. The van der Waals surface area contributed by atoms with Gasteiger partial charge >= 0.3 is 0 Å². The van der Waals surface area contributed by atoms with E-state index in [0.29, 0.717) is 1.93 Å². The molecule has 0 atom stereocenters. The highest BCUT2D eigenvalue weighted by Gasteiger charge is 2.31. The van der Waals surface area contributed by atoms with Crippen molar-refractivity contribution in [2.45, 2.75) is 151 Å². The van der Waals surface area contributed by atoms with Gasteiger partial charge in [0.25, 0.3) is 0 Å². The van der Waals surface area contributed by atoms with Crippen LogP contribution in [0.25, 0.3) is 0 Å². The molecular formula is C29H58I2O2. The Labute approximate surface area is 236 Å². The average Bonchev–Trinajstić information content (AvgIpc) is 2.80. The molecule has 200 valence electrons. The van der Waals surface area contributed by atoms with E-state index < -0.39 is 0 Å². The summed E-state index contributed by atoms with van der Waals surface area (Å²) in [6.07, 6.45) is 27.6. The van der Waals surface area contributed by atoms with Gasteiger partial charge in [-0.1, -0.05) is 182 Å². The number of rotatable bonds is 27. The first-order valence-corrected chi connectivity index (χ1v) is 17.0. The normalized spacial score (nSPS) is 12.2. The summed E-state index contributed by atoms with van der Waals surface area (Å²) < 4.78 is 12.7. The van der Waals surface area contributed by atoms with Crippen LogP contribution in [0.4, 0.5) is 0 Å². The van der Waals surface area contributed by atoms with E-state index >= 15 is 0 Å². The molecule has 0 aliphatic carbocycles. The van der Waals surface area contributed by atoms with Crippen molar-refractivity contribution < 1.29 is 9.47 Å². The third-order valence-electron chi connectivity index (χ3n) is 6.67. The fourth-order valence-corrected chi connectivity index (χ4v) is 4.88. The van der Waals surface area contributed by atoms with Crippen molar-refractivity contribution >= 4 is 45.2 Å². The van der Waals surface area contributed by atoms with E-state index in [1.165, 1.54) is 128 Å². The Morgan fingerprint density at radius 2 is 0.758 bits per heavy atom. The molecule has 0 spiro atoms. The predicted molar refractivity (Wildman–Crippen MR) is 165 cm³/mol. The molecule has 0 bridgehead atoms. The van der Waals surface area contributed by atoms with Crippen molar-refractivity contribution in [1.29, 1.82) is 0 Å². The van der Waals surface area contributed by atoms with Gasteiger partial charge in [-0.2, -0.15) is 0 Å². The van der Waals surface area contributed by atoms with Gasteiger partial charge in [0.1, 0.15) is 0 Å². The van der Waals surface area contributed by atoms with Crippen LogP contribution in [0.5, 0.6) is 0 Å². The van der Waals surface area contributed by atoms with E-state index in [2.05, 4.69) is 66.0 Å². The van der Waals surface area contributed by atoms with Gasteiger partial charge < -0.3 is 9.47 Å². The number of hydrogen-bond donors (Lipinski definition) is 0. The fraction of sp³-hybridized carbons (Fsp3) is 1.00. The molecule has 0 radical (unpaired) electrons. The summed E-state index contributed by atoms with van der Waals surface area (Å²) in [6.45, 7) is 10.4. The maximum absolute atomic E-state index is 6.10. The lowest BCUT2D eigenvalue weighted by molar-refractivity contribution is -0.00317. The van der Waals surface area contributed by atoms with Crippen molar-refractivity contribution in [3.8, 4) is 0 Å².